The maximum absolute atomic E-state index is 12.1. The Labute approximate surface area is 142 Å². The molecular weight excluding hydrogens is 312 g/mol. The fraction of sp³-hybridized carbons (Fsp3) is 0.941. The lowest BCUT2D eigenvalue weighted by Crippen LogP contribution is -2.45. The standard InChI is InChI=1S/C17H34O5Si/c1-10-19-15(18)14-13(20-17(6,7)21-14)11-12(2)22-23(8,9)16(3,4)5/h12-14H,10-11H2,1-9H3/t12-,13-,14+/m1/s1. The van der Waals surface area contributed by atoms with Crippen LogP contribution in [-0.4, -0.2) is 45.0 Å². The van der Waals surface area contributed by atoms with Crippen LogP contribution in [0.4, 0.5) is 0 Å². The first-order valence-electron chi connectivity index (χ1n) is 8.49. The normalized spacial score (nSPS) is 26.1. The van der Waals surface area contributed by atoms with Gasteiger partial charge in [0.2, 0.25) is 0 Å². The van der Waals surface area contributed by atoms with Crippen molar-refractivity contribution in [2.75, 3.05) is 6.61 Å². The molecular formula is C17H34O5Si. The van der Waals surface area contributed by atoms with E-state index in [-0.39, 0.29) is 23.2 Å². The summed E-state index contributed by atoms with van der Waals surface area (Å²) in [5.74, 6) is -1.14. The molecule has 23 heavy (non-hydrogen) atoms. The third-order valence-electron chi connectivity index (χ3n) is 4.57. The molecule has 0 bridgehead atoms. The molecule has 0 N–H and O–H groups in total. The second kappa shape index (κ2) is 7.21. The predicted molar refractivity (Wildman–Crippen MR) is 92.8 cm³/mol. The van der Waals surface area contributed by atoms with Crippen molar-refractivity contribution in [3.05, 3.63) is 0 Å². The molecule has 1 aliphatic heterocycles. The van der Waals surface area contributed by atoms with Gasteiger partial charge in [0.1, 0.15) is 6.10 Å². The van der Waals surface area contributed by atoms with E-state index < -0.39 is 20.2 Å². The molecule has 1 rings (SSSR count). The zero-order valence-electron chi connectivity index (χ0n) is 16.2. The van der Waals surface area contributed by atoms with Gasteiger partial charge in [-0.1, -0.05) is 20.8 Å². The molecule has 136 valence electrons. The van der Waals surface area contributed by atoms with Crippen molar-refractivity contribution in [2.24, 2.45) is 0 Å². The Balaban J connectivity index is 2.74. The topological polar surface area (TPSA) is 54.0 Å². The molecule has 0 unspecified atom stereocenters. The van der Waals surface area contributed by atoms with Gasteiger partial charge in [-0.25, -0.2) is 4.79 Å². The predicted octanol–water partition coefficient (Wildman–Crippen LogP) is 3.87. The molecule has 0 aromatic carbocycles. The van der Waals surface area contributed by atoms with Crippen LogP contribution < -0.4 is 0 Å². The maximum atomic E-state index is 12.1. The highest BCUT2D eigenvalue weighted by atomic mass is 28.4. The van der Waals surface area contributed by atoms with Crippen molar-refractivity contribution < 1.29 is 23.4 Å². The zero-order valence-corrected chi connectivity index (χ0v) is 17.2. The minimum absolute atomic E-state index is 0.00434. The molecule has 0 spiro atoms. The molecule has 0 saturated carbocycles. The lowest BCUT2D eigenvalue weighted by molar-refractivity contribution is -0.170. The lowest BCUT2D eigenvalue weighted by Gasteiger charge is -2.39. The molecule has 0 amide bonds. The maximum Gasteiger partial charge on any atom is 0.338 e. The summed E-state index contributed by atoms with van der Waals surface area (Å²) in [6, 6.07) is 0. The molecule has 0 radical (unpaired) electrons. The van der Waals surface area contributed by atoms with Crippen molar-refractivity contribution in [1.29, 1.82) is 0 Å². The minimum atomic E-state index is -1.85. The van der Waals surface area contributed by atoms with Crippen LogP contribution in [0.25, 0.3) is 0 Å². The molecule has 1 heterocycles. The first kappa shape index (κ1) is 20.6. The number of hydrogen-bond acceptors (Lipinski definition) is 5. The van der Waals surface area contributed by atoms with E-state index in [4.69, 9.17) is 18.6 Å². The van der Waals surface area contributed by atoms with Crippen molar-refractivity contribution >= 4 is 14.3 Å². The lowest BCUT2D eigenvalue weighted by atomic mass is 10.1. The van der Waals surface area contributed by atoms with Crippen LogP contribution in [0.1, 0.15) is 54.9 Å². The number of carbonyl (C=O) groups is 1. The smallest absolute Gasteiger partial charge is 0.338 e. The Kier molecular flexibility index (Phi) is 6.46. The Morgan fingerprint density at radius 3 is 2.30 bits per heavy atom. The number of ether oxygens (including phenoxy) is 3. The number of carbonyl (C=O) groups excluding carboxylic acids is 1. The summed E-state index contributed by atoms with van der Waals surface area (Å²) < 4.78 is 23.1. The number of hydrogen-bond donors (Lipinski definition) is 0. The fourth-order valence-electron chi connectivity index (χ4n) is 2.49. The molecule has 0 aliphatic carbocycles. The van der Waals surface area contributed by atoms with Gasteiger partial charge >= 0.3 is 5.97 Å². The molecule has 0 aromatic heterocycles. The first-order valence-corrected chi connectivity index (χ1v) is 11.4. The molecule has 1 aliphatic rings. The van der Waals surface area contributed by atoms with Crippen molar-refractivity contribution in [3.63, 3.8) is 0 Å². The van der Waals surface area contributed by atoms with Gasteiger partial charge in [0.15, 0.2) is 20.2 Å². The quantitative estimate of drug-likeness (QED) is 0.540. The van der Waals surface area contributed by atoms with E-state index in [2.05, 4.69) is 33.9 Å². The van der Waals surface area contributed by atoms with E-state index in [9.17, 15) is 4.79 Å². The summed E-state index contributed by atoms with van der Waals surface area (Å²) in [6.07, 6.45) is -0.422. The Hall–Kier alpha value is -0.433. The second-order valence-corrected chi connectivity index (χ2v) is 13.0. The van der Waals surface area contributed by atoms with E-state index in [0.29, 0.717) is 13.0 Å². The van der Waals surface area contributed by atoms with E-state index in [1.807, 2.05) is 20.8 Å². The van der Waals surface area contributed by atoms with Crippen LogP contribution >= 0.6 is 0 Å². The van der Waals surface area contributed by atoms with Crippen LogP contribution in [-0.2, 0) is 23.4 Å². The van der Waals surface area contributed by atoms with E-state index in [1.54, 1.807) is 6.92 Å². The first-order chi connectivity index (χ1) is 10.3. The van der Waals surface area contributed by atoms with Crippen molar-refractivity contribution in [3.8, 4) is 0 Å². The Morgan fingerprint density at radius 2 is 1.83 bits per heavy atom. The van der Waals surface area contributed by atoms with Gasteiger partial charge in [-0.15, -0.1) is 0 Å². The summed E-state index contributed by atoms with van der Waals surface area (Å²) >= 11 is 0. The number of esters is 1. The molecule has 6 heteroatoms. The van der Waals surface area contributed by atoms with E-state index >= 15 is 0 Å². The molecule has 0 aromatic rings. The average molecular weight is 347 g/mol. The summed E-state index contributed by atoms with van der Waals surface area (Å²) in [5, 5.41) is 0.147. The minimum Gasteiger partial charge on any atom is -0.464 e. The van der Waals surface area contributed by atoms with Crippen LogP contribution in [0, 0.1) is 0 Å². The van der Waals surface area contributed by atoms with E-state index in [1.165, 1.54) is 0 Å². The zero-order chi connectivity index (χ0) is 18.1. The van der Waals surface area contributed by atoms with Crippen molar-refractivity contribution in [2.45, 2.75) is 97.1 Å². The van der Waals surface area contributed by atoms with E-state index in [0.717, 1.165) is 0 Å². The highest BCUT2D eigenvalue weighted by Gasteiger charge is 2.47. The summed E-state index contributed by atoms with van der Waals surface area (Å²) in [7, 11) is -1.85. The molecule has 1 fully saturated rings. The van der Waals surface area contributed by atoms with Gasteiger partial charge in [0.05, 0.1) is 6.61 Å². The van der Waals surface area contributed by atoms with Gasteiger partial charge < -0.3 is 18.6 Å². The van der Waals surface area contributed by atoms with Gasteiger partial charge in [-0.2, -0.15) is 0 Å². The summed E-state index contributed by atoms with van der Waals surface area (Å²) in [4.78, 5) is 12.1. The van der Waals surface area contributed by atoms with Crippen LogP contribution in [0.2, 0.25) is 18.1 Å². The average Bonchev–Trinajstić information content (AvgIpc) is 2.62. The van der Waals surface area contributed by atoms with Crippen LogP contribution in [0.5, 0.6) is 0 Å². The SMILES string of the molecule is CCOC(=O)[C@H]1OC(C)(C)O[C@@H]1C[C@@H](C)O[Si](C)(C)C(C)(C)C. The highest BCUT2D eigenvalue weighted by molar-refractivity contribution is 6.74. The number of rotatable bonds is 6. The Bertz CT molecular complexity index is 414. The molecule has 1 saturated heterocycles. The van der Waals surface area contributed by atoms with Crippen molar-refractivity contribution in [1.82, 2.24) is 0 Å². The largest absolute Gasteiger partial charge is 0.464 e. The third kappa shape index (κ3) is 5.55. The van der Waals surface area contributed by atoms with Crippen LogP contribution in [0.3, 0.4) is 0 Å². The monoisotopic (exact) mass is 346 g/mol. The fourth-order valence-corrected chi connectivity index (χ4v) is 3.94. The summed E-state index contributed by atoms with van der Waals surface area (Å²) in [5.41, 5.74) is 0. The van der Waals surface area contributed by atoms with Gasteiger partial charge in [-0.05, 0) is 45.8 Å². The van der Waals surface area contributed by atoms with Gasteiger partial charge in [0.25, 0.3) is 0 Å². The van der Waals surface area contributed by atoms with Gasteiger partial charge in [0, 0.05) is 12.5 Å². The van der Waals surface area contributed by atoms with Crippen LogP contribution in [0.15, 0.2) is 0 Å². The van der Waals surface area contributed by atoms with Gasteiger partial charge in [-0.3, -0.25) is 0 Å². The highest BCUT2D eigenvalue weighted by Crippen LogP contribution is 2.38. The Morgan fingerprint density at radius 1 is 1.26 bits per heavy atom. The molecule has 5 nitrogen and oxygen atoms in total. The summed E-state index contributed by atoms with van der Waals surface area (Å²) in [6.45, 7) is 18.9. The molecule has 3 atom stereocenters. The second-order valence-electron chi connectivity index (χ2n) is 8.27. The third-order valence-corrected chi connectivity index (χ3v) is 9.17.